The van der Waals surface area contributed by atoms with Gasteiger partial charge >= 0.3 is 0 Å². The number of amides is 1. The molecule has 1 aliphatic carbocycles. The first-order valence-electron chi connectivity index (χ1n) is 7.08. The van der Waals surface area contributed by atoms with Crippen molar-refractivity contribution in [2.45, 2.75) is 58.7 Å². The normalized spacial score (nSPS) is 42.3. The topological polar surface area (TPSA) is 43.8 Å². The number of hydrogen-bond donors (Lipinski definition) is 1. The summed E-state index contributed by atoms with van der Waals surface area (Å²) >= 11 is 0. The minimum Gasteiger partial charge on any atom is -0.323 e. The van der Waals surface area contributed by atoms with Crippen molar-refractivity contribution >= 4 is 5.91 Å². The number of hydroxylamine groups is 2. The van der Waals surface area contributed by atoms with E-state index < -0.39 is 11.7 Å². The third kappa shape index (κ3) is 1.69. The van der Waals surface area contributed by atoms with Gasteiger partial charge in [0.15, 0.2) is 0 Å². The van der Waals surface area contributed by atoms with Crippen molar-refractivity contribution in [2.75, 3.05) is 7.05 Å². The van der Waals surface area contributed by atoms with Crippen LogP contribution in [0.4, 0.5) is 0 Å². The monoisotopic (exact) mass is 254 g/mol. The van der Waals surface area contributed by atoms with Gasteiger partial charge in [0.25, 0.3) is 0 Å². The molecule has 4 atom stereocenters. The van der Waals surface area contributed by atoms with Crippen LogP contribution in [0.1, 0.15) is 47.0 Å². The molecule has 2 rings (SSSR count). The highest BCUT2D eigenvalue weighted by molar-refractivity contribution is 5.84. The zero-order valence-electron chi connectivity index (χ0n) is 12.2. The quantitative estimate of drug-likeness (QED) is 0.781. The Morgan fingerprint density at radius 2 is 1.94 bits per heavy atom. The van der Waals surface area contributed by atoms with Crippen LogP contribution in [0.15, 0.2) is 0 Å². The minimum absolute atomic E-state index is 0.0391. The van der Waals surface area contributed by atoms with Crippen molar-refractivity contribution in [2.24, 2.45) is 17.8 Å². The van der Waals surface area contributed by atoms with Crippen LogP contribution in [0.25, 0.3) is 0 Å². The second-order valence-corrected chi connectivity index (χ2v) is 6.53. The Morgan fingerprint density at radius 1 is 1.33 bits per heavy atom. The molecule has 0 aromatic rings. The summed E-state index contributed by atoms with van der Waals surface area (Å²) in [5, 5.41) is 11.9. The van der Waals surface area contributed by atoms with Crippen LogP contribution < -0.4 is 0 Å². The van der Waals surface area contributed by atoms with Crippen LogP contribution in [0.3, 0.4) is 0 Å². The molecule has 18 heavy (non-hydrogen) atoms. The fourth-order valence-corrected chi connectivity index (χ4v) is 4.04. The van der Waals surface area contributed by atoms with Crippen molar-refractivity contribution in [3.05, 3.63) is 0 Å². The summed E-state index contributed by atoms with van der Waals surface area (Å²) in [6, 6.07) is -0.415. The molecule has 1 amide bonds. The molecule has 0 bridgehead atoms. The van der Waals surface area contributed by atoms with Crippen LogP contribution in [0.5, 0.6) is 0 Å². The van der Waals surface area contributed by atoms with Crippen LogP contribution in [-0.2, 0) is 4.79 Å². The Labute approximate surface area is 110 Å². The lowest BCUT2D eigenvalue weighted by Gasteiger charge is -2.51. The molecule has 4 nitrogen and oxygen atoms in total. The van der Waals surface area contributed by atoms with Gasteiger partial charge in [-0.3, -0.25) is 4.79 Å². The van der Waals surface area contributed by atoms with Gasteiger partial charge in [0.1, 0.15) is 11.7 Å². The Balaban J connectivity index is 2.43. The predicted octanol–water partition coefficient (Wildman–Crippen LogP) is 2.33. The number of nitrogens with zero attached hydrogens (tertiary/aromatic N) is 2. The first-order chi connectivity index (χ1) is 8.32. The summed E-state index contributed by atoms with van der Waals surface area (Å²) in [5.41, 5.74) is -0.484. The highest BCUT2D eigenvalue weighted by Crippen LogP contribution is 2.49. The van der Waals surface area contributed by atoms with Gasteiger partial charge in [0.2, 0.25) is 5.91 Å². The highest BCUT2D eigenvalue weighted by atomic mass is 16.5. The molecule has 0 radical (unpaired) electrons. The maximum atomic E-state index is 12.2. The van der Waals surface area contributed by atoms with E-state index in [9.17, 15) is 10.0 Å². The van der Waals surface area contributed by atoms with Gasteiger partial charge in [-0.05, 0) is 31.6 Å². The number of rotatable bonds is 1. The molecule has 1 saturated carbocycles. The van der Waals surface area contributed by atoms with Gasteiger partial charge in [-0.25, -0.2) is 0 Å². The van der Waals surface area contributed by atoms with E-state index in [4.69, 9.17) is 0 Å². The molecule has 3 unspecified atom stereocenters. The maximum Gasteiger partial charge on any atom is 0.243 e. The number of carbonyl (C=O) groups excluding carboxylic acids is 1. The van der Waals surface area contributed by atoms with E-state index in [0.717, 1.165) is 12.8 Å². The number of likely N-dealkylation sites (N-methyl/N-ethyl adjacent to an activating group) is 1. The van der Waals surface area contributed by atoms with E-state index in [1.807, 2.05) is 7.05 Å². The molecule has 4 heteroatoms. The molecule has 1 heterocycles. The fraction of sp³-hybridized carbons (Fsp3) is 0.929. The van der Waals surface area contributed by atoms with E-state index in [0.29, 0.717) is 17.8 Å². The Bertz CT molecular complexity index is 345. The van der Waals surface area contributed by atoms with Gasteiger partial charge < -0.3 is 10.1 Å². The van der Waals surface area contributed by atoms with Gasteiger partial charge in [0, 0.05) is 13.0 Å². The molecule has 1 saturated heterocycles. The summed E-state index contributed by atoms with van der Waals surface area (Å²) in [4.78, 5) is 14.0. The number of carbonyl (C=O) groups is 1. The van der Waals surface area contributed by atoms with Gasteiger partial charge in [-0.1, -0.05) is 27.2 Å². The third-order valence-corrected chi connectivity index (χ3v) is 5.05. The Hall–Kier alpha value is -0.610. The number of hydrogen-bond acceptors (Lipinski definition) is 3. The molecule has 2 aliphatic rings. The molecule has 0 aromatic heterocycles. The molecule has 1 spiro atoms. The van der Waals surface area contributed by atoms with Crippen LogP contribution in [-0.4, -0.2) is 39.8 Å². The highest BCUT2D eigenvalue weighted by Gasteiger charge is 2.59. The first-order valence-corrected chi connectivity index (χ1v) is 7.08. The van der Waals surface area contributed by atoms with Crippen LogP contribution in [0.2, 0.25) is 0 Å². The predicted molar refractivity (Wildman–Crippen MR) is 69.9 cm³/mol. The van der Waals surface area contributed by atoms with E-state index in [1.54, 1.807) is 11.8 Å². The summed E-state index contributed by atoms with van der Waals surface area (Å²) in [7, 11) is 1.85. The van der Waals surface area contributed by atoms with Crippen molar-refractivity contribution in [3.8, 4) is 0 Å². The van der Waals surface area contributed by atoms with Crippen molar-refractivity contribution in [3.63, 3.8) is 0 Å². The smallest absolute Gasteiger partial charge is 0.243 e. The molecular formula is C14H26N2O2. The van der Waals surface area contributed by atoms with Crippen LogP contribution in [0, 0.1) is 17.8 Å². The van der Waals surface area contributed by atoms with Crippen molar-refractivity contribution < 1.29 is 10.0 Å². The van der Waals surface area contributed by atoms with E-state index in [2.05, 4.69) is 20.8 Å². The first kappa shape index (κ1) is 13.8. The zero-order chi connectivity index (χ0) is 13.7. The summed E-state index contributed by atoms with van der Waals surface area (Å²) in [6.07, 6.45) is 3.15. The average molecular weight is 254 g/mol. The molecule has 2 fully saturated rings. The molecule has 104 valence electrons. The van der Waals surface area contributed by atoms with Crippen molar-refractivity contribution in [1.82, 2.24) is 9.96 Å². The van der Waals surface area contributed by atoms with Gasteiger partial charge in [-0.2, -0.15) is 5.06 Å². The standard InChI is InChI=1S/C14H26N2O2/c1-9(2)12-7-6-10(3)8-14(12)15(5)13(17)11(4)16(14)18/h9-12,18H,6-8H2,1-5H3/t10?,11-,12?,14?/m1/s1. The molecule has 1 aliphatic heterocycles. The summed E-state index contributed by atoms with van der Waals surface area (Å²) in [5.74, 6) is 1.40. The lowest BCUT2D eigenvalue weighted by atomic mass is 9.69. The minimum atomic E-state index is -0.484. The second kappa shape index (κ2) is 4.49. The van der Waals surface area contributed by atoms with Gasteiger partial charge in [0.05, 0.1) is 0 Å². The second-order valence-electron chi connectivity index (χ2n) is 6.53. The SMILES string of the molecule is CC1CCC(C(C)C)C2(C1)N(C)C(=O)[C@@H](C)N2O. The fourth-order valence-electron chi connectivity index (χ4n) is 4.04. The maximum absolute atomic E-state index is 12.2. The lowest BCUT2D eigenvalue weighted by molar-refractivity contribution is -0.240. The molecule has 1 N–H and O–H groups in total. The van der Waals surface area contributed by atoms with E-state index >= 15 is 0 Å². The zero-order valence-corrected chi connectivity index (χ0v) is 12.2. The largest absolute Gasteiger partial charge is 0.323 e. The van der Waals surface area contributed by atoms with E-state index in [1.165, 1.54) is 11.5 Å². The summed E-state index contributed by atoms with van der Waals surface area (Å²) < 4.78 is 0. The lowest BCUT2D eigenvalue weighted by Crippen LogP contribution is -2.61. The molecule has 0 aromatic carbocycles. The Kier molecular flexibility index (Phi) is 3.45. The van der Waals surface area contributed by atoms with E-state index in [-0.39, 0.29) is 5.91 Å². The molecular weight excluding hydrogens is 228 g/mol. The average Bonchev–Trinajstić information content (AvgIpc) is 2.46. The summed E-state index contributed by atoms with van der Waals surface area (Å²) in [6.45, 7) is 8.40. The van der Waals surface area contributed by atoms with Crippen LogP contribution >= 0.6 is 0 Å². The third-order valence-electron chi connectivity index (χ3n) is 5.05. The van der Waals surface area contributed by atoms with Crippen molar-refractivity contribution in [1.29, 1.82) is 0 Å². The Morgan fingerprint density at radius 3 is 2.39 bits per heavy atom. The van der Waals surface area contributed by atoms with Gasteiger partial charge in [-0.15, -0.1) is 0 Å².